The molecule has 1 amide bonds. The van der Waals surface area contributed by atoms with Gasteiger partial charge in [0, 0.05) is 18.3 Å². The minimum atomic E-state index is -0.825. The van der Waals surface area contributed by atoms with E-state index in [0.717, 1.165) is 29.7 Å². The lowest BCUT2D eigenvalue weighted by Crippen LogP contribution is -2.32. The first-order valence-corrected chi connectivity index (χ1v) is 11.2. The van der Waals surface area contributed by atoms with Crippen LogP contribution < -0.4 is 4.74 Å². The monoisotopic (exact) mass is 458 g/mol. The number of amides is 1. The van der Waals surface area contributed by atoms with Crippen LogP contribution in [0.4, 0.5) is 4.39 Å². The molecule has 2 aliphatic heterocycles. The lowest BCUT2D eigenvalue weighted by molar-refractivity contribution is -0.139. The number of likely N-dealkylation sites (tertiary alicyclic amines) is 1. The number of benzene rings is 2. The minimum Gasteiger partial charge on any atom is -0.507 e. The molecule has 0 saturated carbocycles. The van der Waals surface area contributed by atoms with Crippen LogP contribution in [-0.2, 0) is 22.4 Å². The second-order valence-corrected chi connectivity index (χ2v) is 8.40. The zero-order valence-electron chi connectivity index (χ0n) is 18.4. The average Bonchev–Trinajstić information content (AvgIpc) is 3.13. The Hall–Kier alpha value is -4.00. The fourth-order valence-electron chi connectivity index (χ4n) is 4.52. The number of carbonyl (C=O) groups excluding carboxylic acids is 2. The molecule has 0 aliphatic carbocycles. The third kappa shape index (κ3) is 4.05. The third-order valence-corrected chi connectivity index (χ3v) is 6.24. The summed E-state index contributed by atoms with van der Waals surface area (Å²) in [6, 6.07) is 15.7. The zero-order valence-corrected chi connectivity index (χ0v) is 18.4. The number of ketones is 1. The maximum atomic E-state index is 13.3. The highest BCUT2D eigenvalue weighted by molar-refractivity contribution is 6.46. The van der Waals surface area contributed by atoms with Crippen molar-refractivity contribution in [3.8, 4) is 5.75 Å². The molecule has 1 aromatic heterocycles. The van der Waals surface area contributed by atoms with Gasteiger partial charge in [-0.2, -0.15) is 0 Å². The number of Topliss-reactive ketones (excluding diaryl/α,β-unsaturated/α-hetero) is 1. The number of halogens is 1. The lowest BCUT2D eigenvalue weighted by Gasteiger charge is -2.24. The van der Waals surface area contributed by atoms with Gasteiger partial charge in [0.25, 0.3) is 11.7 Å². The summed E-state index contributed by atoms with van der Waals surface area (Å²) in [4.78, 5) is 32.0. The second kappa shape index (κ2) is 9.09. The number of pyridine rings is 1. The number of aryl methyl sites for hydroxylation is 1. The summed E-state index contributed by atoms with van der Waals surface area (Å²) in [5.41, 5.74) is 2.75. The van der Waals surface area contributed by atoms with Gasteiger partial charge in [-0.1, -0.05) is 18.2 Å². The van der Waals surface area contributed by atoms with Gasteiger partial charge in [-0.15, -0.1) is 0 Å². The van der Waals surface area contributed by atoms with Crippen molar-refractivity contribution >= 4 is 17.4 Å². The highest BCUT2D eigenvalue weighted by atomic mass is 19.1. The summed E-state index contributed by atoms with van der Waals surface area (Å²) in [6.07, 6.45) is 3.70. The summed E-state index contributed by atoms with van der Waals surface area (Å²) in [6.45, 7) is 0.865. The predicted molar refractivity (Wildman–Crippen MR) is 124 cm³/mol. The molecule has 172 valence electrons. The van der Waals surface area contributed by atoms with E-state index in [2.05, 4.69) is 4.98 Å². The molecule has 1 atom stereocenters. The molecule has 7 heteroatoms. The van der Waals surface area contributed by atoms with E-state index >= 15 is 0 Å². The van der Waals surface area contributed by atoms with E-state index in [-0.39, 0.29) is 23.7 Å². The number of hydrogen-bond donors (Lipinski definition) is 1. The number of nitrogens with zero attached hydrogens (tertiary/aromatic N) is 2. The molecular weight excluding hydrogens is 435 g/mol. The molecule has 6 nitrogen and oxygen atoms in total. The van der Waals surface area contributed by atoms with Crippen LogP contribution in [0.5, 0.6) is 5.75 Å². The summed E-state index contributed by atoms with van der Waals surface area (Å²) in [5, 5.41) is 11.2. The first-order chi connectivity index (χ1) is 16.5. The van der Waals surface area contributed by atoms with Crippen LogP contribution in [0.2, 0.25) is 0 Å². The van der Waals surface area contributed by atoms with E-state index in [1.165, 1.54) is 17.0 Å². The molecule has 2 aromatic carbocycles. The van der Waals surface area contributed by atoms with Gasteiger partial charge in [0.2, 0.25) is 0 Å². The van der Waals surface area contributed by atoms with Gasteiger partial charge in [-0.05, 0) is 72.9 Å². The van der Waals surface area contributed by atoms with Crippen LogP contribution in [-0.4, -0.2) is 39.8 Å². The fourth-order valence-corrected chi connectivity index (χ4v) is 4.52. The van der Waals surface area contributed by atoms with Gasteiger partial charge >= 0.3 is 0 Å². The summed E-state index contributed by atoms with van der Waals surface area (Å²) in [7, 11) is 0. The van der Waals surface area contributed by atoms with Crippen LogP contribution in [0.15, 0.2) is 72.4 Å². The molecule has 0 radical (unpaired) electrons. The van der Waals surface area contributed by atoms with Crippen LogP contribution >= 0.6 is 0 Å². The average molecular weight is 458 g/mol. The fraction of sp³-hybridized carbons (Fsp3) is 0.222. The normalized spacial score (nSPS) is 19.1. The summed E-state index contributed by atoms with van der Waals surface area (Å²) < 4.78 is 18.9. The number of aliphatic hydroxyl groups excluding tert-OH is 1. The van der Waals surface area contributed by atoms with Crippen molar-refractivity contribution in [2.45, 2.75) is 25.3 Å². The van der Waals surface area contributed by atoms with E-state index in [0.29, 0.717) is 24.3 Å². The van der Waals surface area contributed by atoms with Crippen LogP contribution in [0.3, 0.4) is 0 Å². The minimum absolute atomic E-state index is 0.0134. The first kappa shape index (κ1) is 21.8. The maximum absolute atomic E-state index is 13.3. The molecule has 1 N–H and O–H groups in total. The van der Waals surface area contributed by atoms with Crippen LogP contribution in [0, 0.1) is 5.82 Å². The molecule has 34 heavy (non-hydrogen) atoms. The Bertz CT molecular complexity index is 1270. The van der Waals surface area contributed by atoms with E-state index in [4.69, 9.17) is 4.74 Å². The van der Waals surface area contributed by atoms with Crippen molar-refractivity contribution in [2.75, 3.05) is 13.2 Å². The van der Waals surface area contributed by atoms with Gasteiger partial charge in [0.15, 0.2) is 0 Å². The van der Waals surface area contributed by atoms with E-state index in [1.54, 1.807) is 48.7 Å². The lowest BCUT2D eigenvalue weighted by atomic mass is 9.96. The number of aliphatic hydroxyl groups is 1. The quantitative estimate of drug-likeness (QED) is 0.352. The smallest absolute Gasteiger partial charge is 0.295 e. The highest BCUT2D eigenvalue weighted by Crippen LogP contribution is 2.39. The Morgan fingerprint density at radius 1 is 1.12 bits per heavy atom. The van der Waals surface area contributed by atoms with E-state index in [1.807, 2.05) is 6.07 Å². The Balaban J connectivity index is 1.54. The highest BCUT2D eigenvalue weighted by Gasteiger charge is 2.46. The van der Waals surface area contributed by atoms with Crippen LogP contribution in [0.25, 0.3) is 5.76 Å². The molecule has 1 saturated heterocycles. The molecule has 5 rings (SSSR count). The maximum Gasteiger partial charge on any atom is 0.295 e. The molecule has 1 fully saturated rings. The van der Waals surface area contributed by atoms with Gasteiger partial charge in [-0.25, -0.2) is 4.39 Å². The van der Waals surface area contributed by atoms with Gasteiger partial charge < -0.3 is 14.7 Å². The Morgan fingerprint density at radius 2 is 1.94 bits per heavy atom. The second-order valence-electron chi connectivity index (χ2n) is 8.40. The number of hydrogen-bond acceptors (Lipinski definition) is 5. The number of carbonyl (C=O) groups is 2. The van der Waals surface area contributed by atoms with Crippen LogP contribution in [0.1, 0.15) is 34.8 Å². The molecule has 0 spiro atoms. The number of ether oxygens (including phenoxy) is 1. The first-order valence-electron chi connectivity index (χ1n) is 11.2. The third-order valence-electron chi connectivity index (χ3n) is 6.24. The topological polar surface area (TPSA) is 79.7 Å². The van der Waals surface area contributed by atoms with Crippen molar-refractivity contribution in [1.82, 2.24) is 9.88 Å². The standard InChI is InChI=1S/C27H23FN2O4/c28-20-9-6-17(7-10-20)12-14-30-24(21-5-1-2-13-29-21)23(26(32)27(30)33)25(31)19-8-11-22-18(16-19)4-3-15-34-22/h1-2,5-11,13,16,24,31H,3-4,12,14-15H2/b25-23-. The zero-order chi connectivity index (χ0) is 23.7. The summed E-state index contributed by atoms with van der Waals surface area (Å²) >= 11 is 0. The van der Waals surface area contributed by atoms with Crippen molar-refractivity contribution in [3.05, 3.63) is 101 Å². The largest absolute Gasteiger partial charge is 0.507 e. The van der Waals surface area contributed by atoms with Crippen molar-refractivity contribution in [1.29, 1.82) is 0 Å². The van der Waals surface area contributed by atoms with Gasteiger partial charge in [0.05, 0.1) is 17.9 Å². The summed E-state index contributed by atoms with van der Waals surface area (Å²) in [5.74, 6) is -1.24. The van der Waals surface area contributed by atoms with Gasteiger partial charge in [0.1, 0.15) is 23.4 Å². The molecule has 2 aliphatic rings. The van der Waals surface area contributed by atoms with E-state index in [9.17, 15) is 19.1 Å². The van der Waals surface area contributed by atoms with Crippen molar-refractivity contribution in [2.24, 2.45) is 0 Å². The van der Waals surface area contributed by atoms with Gasteiger partial charge in [-0.3, -0.25) is 14.6 Å². The number of aromatic nitrogens is 1. The van der Waals surface area contributed by atoms with E-state index < -0.39 is 17.7 Å². The SMILES string of the molecule is O=C1C(=O)N(CCc2ccc(F)cc2)C(c2ccccn2)/C1=C(/O)c1ccc2c(c1)CCCO2. The van der Waals surface area contributed by atoms with Crippen molar-refractivity contribution < 1.29 is 23.8 Å². The number of rotatable bonds is 5. The molecule has 1 unspecified atom stereocenters. The van der Waals surface area contributed by atoms with Crippen molar-refractivity contribution in [3.63, 3.8) is 0 Å². The molecule has 3 aromatic rings. The Morgan fingerprint density at radius 3 is 2.71 bits per heavy atom. The molecular formula is C27H23FN2O4. The number of fused-ring (bicyclic) bond motifs is 1. The Kier molecular flexibility index (Phi) is 5.84. The Labute approximate surface area is 196 Å². The molecule has 0 bridgehead atoms. The molecule has 3 heterocycles. The predicted octanol–water partition coefficient (Wildman–Crippen LogP) is 4.21.